The van der Waals surface area contributed by atoms with Crippen LogP contribution < -0.4 is 5.73 Å². The van der Waals surface area contributed by atoms with Crippen molar-refractivity contribution in [2.75, 3.05) is 0 Å². The van der Waals surface area contributed by atoms with Gasteiger partial charge in [-0.3, -0.25) is 9.89 Å². The molecule has 6 heteroatoms. The Balaban J connectivity index is 2.94. The van der Waals surface area contributed by atoms with Gasteiger partial charge in [-0.2, -0.15) is 10.2 Å². The third-order valence-corrected chi connectivity index (χ3v) is 2.06. The molecule has 0 aliphatic heterocycles. The Kier molecular flexibility index (Phi) is 2.76. The van der Waals surface area contributed by atoms with Crippen molar-refractivity contribution in [1.82, 2.24) is 14.8 Å². The predicted molar refractivity (Wildman–Crippen MR) is 49.6 cm³/mol. The first kappa shape index (κ1) is 10.5. The molecule has 0 radical (unpaired) electrons. The zero-order valence-corrected chi connectivity index (χ0v) is 8.43. The predicted octanol–water partition coefficient (Wildman–Crippen LogP) is 0.559. The summed E-state index contributed by atoms with van der Waals surface area (Å²) in [6.45, 7) is 3.50. The lowest BCUT2D eigenvalue weighted by Gasteiger charge is -2.20. The summed E-state index contributed by atoms with van der Waals surface area (Å²) in [7, 11) is 1.74. The minimum Gasteiger partial charge on any atom is -0.350 e. The van der Waals surface area contributed by atoms with Crippen LogP contribution in [0.4, 0.5) is 4.79 Å². The van der Waals surface area contributed by atoms with Gasteiger partial charge in [0.25, 0.3) is 0 Å². The second-order valence-corrected chi connectivity index (χ2v) is 3.19. The molecule has 0 aromatic carbocycles. The summed E-state index contributed by atoms with van der Waals surface area (Å²) in [5.41, 5.74) is 6.49. The monoisotopic (exact) mass is 198 g/mol. The van der Waals surface area contributed by atoms with Gasteiger partial charge >= 0.3 is 6.03 Å². The molecule has 1 aromatic heterocycles. The first-order valence-electron chi connectivity index (χ1n) is 4.21. The van der Waals surface area contributed by atoms with Crippen LogP contribution in [0, 0.1) is 6.92 Å². The number of nitrogens with zero attached hydrogens (tertiary/aromatic N) is 3. The molecule has 2 amide bonds. The fourth-order valence-corrected chi connectivity index (χ4v) is 1.34. The number of aromatic nitrogens is 2. The van der Waals surface area contributed by atoms with Crippen molar-refractivity contribution in [3.63, 3.8) is 0 Å². The summed E-state index contributed by atoms with van der Waals surface area (Å²) < 4.78 is 1.60. The van der Waals surface area contributed by atoms with Crippen molar-refractivity contribution in [1.29, 1.82) is 0 Å². The fourth-order valence-electron chi connectivity index (χ4n) is 1.34. The van der Waals surface area contributed by atoms with E-state index in [-0.39, 0.29) is 0 Å². The molecule has 1 aromatic rings. The summed E-state index contributed by atoms with van der Waals surface area (Å²) in [5, 5.41) is 13.9. The molecule has 1 rings (SSSR count). The van der Waals surface area contributed by atoms with Gasteiger partial charge in [-0.05, 0) is 19.9 Å². The topological polar surface area (TPSA) is 84.4 Å². The molecule has 14 heavy (non-hydrogen) atoms. The van der Waals surface area contributed by atoms with Crippen LogP contribution in [0.5, 0.6) is 0 Å². The molecule has 0 fully saturated rings. The van der Waals surface area contributed by atoms with Gasteiger partial charge in [0, 0.05) is 7.05 Å². The molecule has 0 saturated heterocycles. The van der Waals surface area contributed by atoms with Crippen LogP contribution in [-0.2, 0) is 7.05 Å². The Morgan fingerprint density at radius 1 is 1.79 bits per heavy atom. The number of hydrogen-bond donors (Lipinski definition) is 2. The second-order valence-electron chi connectivity index (χ2n) is 3.19. The number of amides is 2. The van der Waals surface area contributed by atoms with Gasteiger partial charge in [-0.15, -0.1) is 0 Å². The first-order valence-corrected chi connectivity index (χ1v) is 4.21. The summed E-state index contributed by atoms with van der Waals surface area (Å²) >= 11 is 0. The Morgan fingerprint density at radius 2 is 2.36 bits per heavy atom. The highest BCUT2D eigenvalue weighted by molar-refractivity contribution is 5.71. The number of nitrogens with two attached hydrogens (primary N) is 1. The first-order chi connectivity index (χ1) is 6.43. The Morgan fingerprint density at radius 3 is 2.71 bits per heavy atom. The molecule has 0 bridgehead atoms. The number of urea groups is 1. The van der Waals surface area contributed by atoms with Gasteiger partial charge in [0.1, 0.15) is 6.04 Å². The lowest BCUT2D eigenvalue weighted by atomic mass is 10.2. The highest BCUT2D eigenvalue weighted by Gasteiger charge is 2.20. The third kappa shape index (κ3) is 1.85. The summed E-state index contributed by atoms with van der Waals surface area (Å²) in [6.07, 6.45) is 0. The highest BCUT2D eigenvalue weighted by atomic mass is 16.5. The van der Waals surface area contributed by atoms with Crippen LogP contribution >= 0.6 is 0 Å². The molecule has 1 heterocycles. The molecular formula is C8H14N4O2. The van der Waals surface area contributed by atoms with Crippen LogP contribution in [0.3, 0.4) is 0 Å². The second kappa shape index (κ2) is 3.67. The molecule has 1 unspecified atom stereocenters. The number of carbonyl (C=O) groups is 1. The zero-order chi connectivity index (χ0) is 10.9. The minimum absolute atomic E-state index is 0.483. The number of hydrogen-bond acceptors (Lipinski definition) is 3. The van der Waals surface area contributed by atoms with Crippen molar-refractivity contribution in [3.8, 4) is 0 Å². The van der Waals surface area contributed by atoms with E-state index in [1.807, 2.05) is 6.92 Å². The Bertz CT molecular complexity index is 347. The third-order valence-electron chi connectivity index (χ3n) is 2.06. The smallest absolute Gasteiger partial charge is 0.339 e. The van der Waals surface area contributed by atoms with Gasteiger partial charge in [-0.1, -0.05) is 0 Å². The summed E-state index contributed by atoms with van der Waals surface area (Å²) in [5.74, 6) is 0. The van der Waals surface area contributed by atoms with E-state index >= 15 is 0 Å². The van der Waals surface area contributed by atoms with E-state index in [1.54, 1.807) is 24.7 Å². The van der Waals surface area contributed by atoms with Crippen molar-refractivity contribution in [3.05, 3.63) is 17.5 Å². The van der Waals surface area contributed by atoms with Crippen LogP contribution in [0.2, 0.25) is 0 Å². The lowest BCUT2D eigenvalue weighted by molar-refractivity contribution is -0.0729. The van der Waals surface area contributed by atoms with Gasteiger partial charge in [-0.25, -0.2) is 4.79 Å². The maximum absolute atomic E-state index is 10.7. The number of primary amides is 1. The van der Waals surface area contributed by atoms with Crippen molar-refractivity contribution < 1.29 is 10.0 Å². The lowest BCUT2D eigenvalue weighted by Crippen LogP contribution is -2.35. The molecule has 78 valence electrons. The fraction of sp³-hybridized carbons (Fsp3) is 0.500. The van der Waals surface area contributed by atoms with Crippen LogP contribution in [0.25, 0.3) is 0 Å². The summed E-state index contributed by atoms with van der Waals surface area (Å²) in [6, 6.07) is 0.409. The average molecular weight is 198 g/mol. The molecular weight excluding hydrogens is 184 g/mol. The number of rotatable bonds is 2. The number of aryl methyl sites for hydroxylation is 2. The molecule has 0 aliphatic rings. The van der Waals surface area contributed by atoms with Crippen LogP contribution in [-0.4, -0.2) is 26.1 Å². The Hall–Kier alpha value is -1.56. The van der Waals surface area contributed by atoms with E-state index in [0.29, 0.717) is 5.06 Å². The highest BCUT2D eigenvalue weighted by Crippen LogP contribution is 2.18. The van der Waals surface area contributed by atoms with Crippen LogP contribution in [0.1, 0.15) is 24.4 Å². The van der Waals surface area contributed by atoms with Crippen molar-refractivity contribution in [2.45, 2.75) is 19.9 Å². The van der Waals surface area contributed by atoms with E-state index in [9.17, 15) is 10.0 Å². The standard InChI is InChI=1S/C8H14N4O2/c1-5-4-7(11(3)10-5)6(2)12(14)8(9)13/h4,6,14H,1-3H3,(H2,9,13). The van der Waals surface area contributed by atoms with E-state index in [4.69, 9.17) is 5.73 Å². The molecule has 3 N–H and O–H groups in total. The van der Waals surface area contributed by atoms with E-state index < -0.39 is 12.1 Å². The van der Waals surface area contributed by atoms with Gasteiger partial charge in [0.05, 0.1) is 11.4 Å². The average Bonchev–Trinajstić information content (AvgIpc) is 2.42. The molecule has 0 saturated carbocycles. The molecule has 6 nitrogen and oxygen atoms in total. The molecule has 1 atom stereocenters. The Labute approximate surface area is 81.9 Å². The minimum atomic E-state index is -0.878. The van der Waals surface area contributed by atoms with Crippen LogP contribution in [0.15, 0.2) is 6.07 Å². The van der Waals surface area contributed by atoms with Crippen molar-refractivity contribution >= 4 is 6.03 Å². The van der Waals surface area contributed by atoms with Gasteiger partial charge in [0.2, 0.25) is 0 Å². The van der Waals surface area contributed by atoms with Gasteiger partial charge < -0.3 is 5.73 Å². The number of carbonyl (C=O) groups excluding carboxylic acids is 1. The number of hydroxylamine groups is 2. The van der Waals surface area contributed by atoms with Gasteiger partial charge in [0.15, 0.2) is 0 Å². The quantitative estimate of drug-likeness (QED) is 0.538. The van der Waals surface area contributed by atoms with E-state index in [0.717, 1.165) is 11.4 Å². The summed E-state index contributed by atoms with van der Waals surface area (Å²) in [4.78, 5) is 10.7. The normalized spacial score (nSPS) is 12.6. The maximum atomic E-state index is 10.7. The molecule has 0 spiro atoms. The SMILES string of the molecule is Cc1cc(C(C)N(O)C(N)=O)n(C)n1. The zero-order valence-electron chi connectivity index (χ0n) is 8.43. The largest absolute Gasteiger partial charge is 0.350 e. The maximum Gasteiger partial charge on any atom is 0.339 e. The van der Waals surface area contributed by atoms with E-state index in [2.05, 4.69) is 5.10 Å². The van der Waals surface area contributed by atoms with Crippen molar-refractivity contribution in [2.24, 2.45) is 12.8 Å². The van der Waals surface area contributed by atoms with E-state index in [1.165, 1.54) is 0 Å². The molecule has 0 aliphatic carbocycles.